The van der Waals surface area contributed by atoms with Crippen LogP contribution in [-0.4, -0.2) is 36.5 Å². The molecule has 0 spiro atoms. The van der Waals surface area contributed by atoms with Gasteiger partial charge in [-0.2, -0.15) is 0 Å². The number of nitrogens with zero attached hydrogens (tertiary/aromatic N) is 1. The quantitative estimate of drug-likeness (QED) is 0.488. The molecule has 5 heavy (non-hydrogen) atoms. The van der Waals surface area contributed by atoms with E-state index in [0.29, 0.717) is 0 Å². The zero-order valence-electron chi connectivity index (χ0n) is 2.72. The van der Waals surface area contributed by atoms with Crippen LogP contribution in [0.1, 0.15) is 0 Å². The number of hydrogen-bond acceptors (Lipinski definition) is 2. The third-order valence-electron chi connectivity index (χ3n) is 0.412. The molecule has 0 unspecified atom stereocenters. The van der Waals surface area contributed by atoms with Crippen LogP contribution in [0.5, 0.6) is 0 Å². The van der Waals surface area contributed by atoms with Gasteiger partial charge in [-0.3, -0.25) is 0 Å². The molecule has 0 saturated heterocycles. The molecule has 0 fully saturated rings. The molecule has 1 radical (unpaired) electrons. The van der Waals surface area contributed by atoms with Crippen molar-refractivity contribution >= 4 is 29.8 Å². The zero-order valence-corrected chi connectivity index (χ0v) is 6.01. The van der Waals surface area contributed by atoms with Gasteiger partial charge in [-0.05, 0) is 0 Å². The van der Waals surface area contributed by atoms with Gasteiger partial charge in [0.15, 0.2) is 0 Å². The van der Waals surface area contributed by atoms with Gasteiger partial charge in [0.05, 0.1) is 0 Å². The maximum atomic E-state index is 4.91. The second-order valence-corrected chi connectivity index (χ2v) is 3.17. The van der Waals surface area contributed by atoms with Crippen molar-refractivity contribution in [3.63, 3.8) is 0 Å². The van der Waals surface area contributed by atoms with Gasteiger partial charge in [0, 0.05) is 0 Å². The van der Waals surface area contributed by atoms with E-state index in [0.717, 1.165) is 6.61 Å². The summed E-state index contributed by atoms with van der Waals surface area (Å²) >= 11 is -0.739. The molecule has 0 saturated carbocycles. The van der Waals surface area contributed by atoms with E-state index in [4.69, 9.17) is 2.85 Å². The van der Waals surface area contributed by atoms with Gasteiger partial charge < -0.3 is 0 Å². The Morgan fingerprint density at radius 3 is 3.20 bits per heavy atom. The SMILES string of the molecule is C1=[N][In][O]C1. The van der Waals surface area contributed by atoms with E-state index < -0.39 is 23.6 Å². The monoisotopic (exact) mass is 172 g/mol. The first-order valence-corrected chi connectivity index (χ1v) is 4.27. The van der Waals surface area contributed by atoms with Gasteiger partial charge in [-0.25, -0.2) is 0 Å². The molecule has 0 N–H and O–H groups in total. The Kier molecular flexibility index (Phi) is 1.34. The third-order valence-corrected chi connectivity index (χ3v) is 2.34. The van der Waals surface area contributed by atoms with Crippen LogP contribution >= 0.6 is 0 Å². The average Bonchev–Trinajstić information content (AvgIpc) is 1.76. The van der Waals surface area contributed by atoms with E-state index in [2.05, 4.69) is 2.98 Å². The van der Waals surface area contributed by atoms with Crippen LogP contribution in [0.3, 0.4) is 0 Å². The molecule has 2 nitrogen and oxygen atoms in total. The van der Waals surface area contributed by atoms with Gasteiger partial charge in [0.1, 0.15) is 0 Å². The van der Waals surface area contributed by atoms with Crippen molar-refractivity contribution in [3.05, 3.63) is 0 Å². The fraction of sp³-hybridized carbons (Fsp3) is 0.500. The van der Waals surface area contributed by atoms with Gasteiger partial charge >= 0.3 is 42.3 Å². The van der Waals surface area contributed by atoms with Crippen LogP contribution in [0.25, 0.3) is 0 Å². The molecule has 0 aliphatic carbocycles. The van der Waals surface area contributed by atoms with E-state index >= 15 is 0 Å². The molecule has 1 heterocycles. The first-order valence-electron chi connectivity index (χ1n) is 1.45. The molecule has 0 bridgehead atoms. The van der Waals surface area contributed by atoms with Crippen LogP contribution in [0.4, 0.5) is 0 Å². The molecule has 0 aromatic carbocycles. The van der Waals surface area contributed by atoms with Crippen molar-refractivity contribution in [2.75, 3.05) is 6.61 Å². The summed E-state index contributed by atoms with van der Waals surface area (Å²) in [5.74, 6) is 0. The van der Waals surface area contributed by atoms with Crippen LogP contribution in [0.15, 0.2) is 2.98 Å². The topological polar surface area (TPSA) is 21.6 Å². The van der Waals surface area contributed by atoms with Gasteiger partial charge in [0.2, 0.25) is 0 Å². The van der Waals surface area contributed by atoms with Gasteiger partial charge in [-0.1, -0.05) is 0 Å². The molecule has 1 aliphatic rings. The van der Waals surface area contributed by atoms with Crippen molar-refractivity contribution < 1.29 is 2.85 Å². The predicted molar refractivity (Wildman–Crippen MR) is 20.2 cm³/mol. The van der Waals surface area contributed by atoms with Crippen LogP contribution in [0.2, 0.25) is 0 Å². The Morgan fingerprint density at radius 2 is 3.00 bits per heavy atom. The first kappa shape index (κ1) is 3.68. The fourth-order valence-electron chi connectivity index (χ4n) is 0.215. The third kappa shape index (κ3) is 0.930. The van der Waals surface area contributed by atoms with E-state index in [1.807, 2.05) is 6.21 Å². The Balaban J connectivity index is 2.32. The normalized spacial score (nSPS) is 19.2. The molecule has 0 atom stereocenters. The molecule has 0 amide bonds. The van der Waals surface area contributed by atoms with E-state index in [1.165, 1.54) is 0 Å². The van der Waals surface area contributed by atoms with Crippen molar-refractivity contribution in [2.45, 2.75) is 0 Å². The molecule has 1 rings (SSSR count). The summed E-state index contributed by atoms with van der Waals surface area (Å²) in [5, 5.41) is 0. The molecule has 0 aromatic heterocycles. The predicted octanol–water partition coefficient (Wildman–Crippen LogP) is -0.378. The van der Waals surface area contributed by atoms with Crippen molar-refractivity contribution in [2.24, 2.45) is 2.98 Å². The first-order chi connectivity index (χ1) is 2.50. The van der Waals surface area contributed by atoms with Crippen LogP contribution < -0.4 is 0 Å². The van der Waals surface area contributed by atoms with E-state index in [9.17, 15) is 0 Å². The summed E-state index contributed by atoms with van der Waals surface area (Å²) in [7, 11) is 0. The second kappa shape index (κ2) is 1.82. The van der Waals surface area contributed by atoms with Gasteiger partial charge in [0.25, 0.3) is 0 Å². The molecule has 3 heteroatoms. The van der Waals surface area contributed by atoms with Crippen LogP contribution in [0, 0.1) is 0 Å². The summed E-state index contributed by atoms with van der Waals surface area (Å²) in [5.41, 5.74) is 0. The number of rotatable bonds is 0. The Hall–Kier alpha value is 0.500. The molecule has 1 aliphatic heterocycles. The maximum absolute atomic E-state index is 4.91. The van der Waals surface area contributed by atoms with E-state index in [1.54, 1.807) is 0 Å². The molecular weight excluding hydrogens is 169 g/mol. The van der Waals surface area contributed by atoms with Crippen molar-refractivity contribution in [3.8, 4) is 0 Å². The number of hydrogen-bond donors (Lipinski definition) is 0. The Labute approximate surface area is 42.6 Å². The molecule has 25 valence electrons. The van der Waals surface area contributed by atoms with Crippen molar-refractivity contribution in [1.29, 1.82) is 0 Å². The standard InChI is InChI=1S/C2H3NO.In/c3-1-2-4;/h1H,2H2;/q-2;+2. The Morgan fingerprint density at radius 1 is 2.00 bits per heavy atom. The average molecular weight is 172 g/mol. The summed E-state index contributed by atoms with van der Waals surface area (Å²) in [6.45, 7) is 0.793. The van der Waals surface area contributed by atoms with Crippen LogP contribution in [-0.2, 0) is 2.85 Å². The summed E-state index contributed by atoms with van der Waals surface area (Å²) < 4.78 is 8.84. The Bertz CT molecular complexity index is 47.6. The second-order valence-electron chi connectivity index (χ2n) is 0.770. The summed E-state index contributed by atoms with van der Waals surface area (Å²) in [6.07, 6.45) is 1.85. The zero-order chi connectivity index (χ0) is 3.54. The minimum atomic E-state index is -0.739. The molecular formula is C2H3InNO. The fourth-order valence-corrected chi connectivity index (χ4v) is 1.44. The summed E-state index contributed by atoms with van der Waals surface area (Å²) in [6, 6.07) is 0. The van der Waals surface area contributed by atoms with Gasteiger partial charge in [-0.15, -0.1) is 0 Å². The van der Waals surface area contributed by atoms with E-state index in [-0.39, 0.29) is 0 Å². The van der Waals surface area contributed by atoms with Crippen molar-refractivity contribution in [1.82, 2.24) is 0 Å². The summed E-state index contributed by atoms with van der Waals surface area (Å²) in [4.78, 5) is 0. The minimum absolute atomic E-state index is 0.739. The molecule has 0 aromatic rings.